The lowest BCUT2D eigenvalue weighted by Gasteiger charge is -2.25. The van der Waals surface area contributed by atoms with Gasteiger partial charge in [-0.3, -0.25) is 4.79 Å². The Hall–Kier alpha value is -1.10. The Morgan fingerprint density at radius 1 is 1.50 bits per heavy atom. The second-order valence-corrected chi connectivity index (χ2v) is 5.17. The average molecular weight is 240 g/mol. The zero-order chi connectivity index (χ0) is 11.4. The topological polar surface area (TPSA) is 62.2 Å². The molecular formula is C11H16N2O2S. The minimum Gasteiger partial charge on any atom is -0.481 e. The molecule has 1 aromatic rings. The fraction of sp³-hybridized carbons (Fsp3) is 0.636. The normalized spacial score (nSPS) is 25.2. The van der Waals surface area contributed by atoms with E-state index in [4.69, 9.17) is 5.11 Å². The first-order valence-electron chi connectivity index (χ1n) is 5.62. The van der Waals surface area contributed by atoms with Crippen LogP contribution in [0.4, 0.5) is 5.13 Å². The maximum absolute atomic E-state index is 10.8. The Morgan fingerprint density at radius 3 is 2.81 bits per heavy atom. The van der Waals surface area contributed by atoms with Gasteiger partial charge < -0.3 is 10.4 Å². The molecular weight excluding hydrogens is 224 g/mol. The fourth-order valence-electron chi connectivity index (χ4n) is 2.16. The summed E-state index contributed by atoms with van der Waals surface area (Å²) in [5, 5.41) is 15.1. The first kappa shape index (κ1) is 11.4. The Labute approximate surface area is 98.7 Å². The molecule has 16 heavy (non-hydrogen) atoms. The van der Waals surface area contributed by atoms with Crippen molar-refractivity contribution in [3.63, 3.8) is 0 Å². The molecule has 1 saturated carbocycles. The van der Waals surface area contributed by atoms with Crippen molar-refractivity contribution >= 4 is 22.4 Å². The van der Waals surface area contributed by atoms with Crippen molar-refractivity contribution in [2.24, 2.45) is 11.8 Å². The molecule has 1 aliphatic rings. The zero-order valence-electron chi connectivity index (χ0n) is 9.06. The largest absolute Gasteiger partial charge is 0.481 e. The van der Waals surface area contributed by atoms with Gasteiger partial charge in [0.15, 0.2) is 5.13 Å². The summed E-state index contributed by atoms with van der Waals surface area (Å²) in [7, 11) is 0. The Bertz CT molecular complexity index is 332. The standard InChI is InChI=1S/C11H16N2O2S/c14-10(15)9-3-1-8(2-4-9)7-13-11-12-5-6-16-11/h5-6,8-9H,1-4,7H2,(H,12,13)(H,14,15). The molecule has 1 heterocycles. The van der Waals surface area contributed by atoms with E-state index < -0.39 is 5.97 Å². The Kier molecular flexibility index (Phi) is 3.77. The monoisotopic (exact) mass is 240 g/mol. The maximum atomic E-state index is 10.8. The number of nitrogens with one attached hydrogen (secondary N) is 1. The lowest BCUT2D eigenvalue weighted by Crippen LogP contribution is -2.25. The highest BCUT2D eigenvalue weighted by Crippen LogP contribution is 2.29. The zero-order valence-corrected chi connectivity index (χ0v) is 9.87. The molecule has 0 aliphatic heterocycles. The molecule has 1 fully saturated rings. The van der Waals surface area contributed by atoms with Crippen LogP contribution >= 0.6 is 11.3 Å². The minimum atomic E-state index is -0.633. The second-order valence-electron chi connectivity index (χ2n) is 4.27. The van der Waals surface area contributed by atoms with Gasteiger partial charge in [-0.1, -0.05) is 0 Å². The predicted octanol–water partition coefficient (Wildman–Crippen LogP) is 2.45. The Balaban J connectivity index is 1.71. The van der Waals surface area contributed by atoms with E-state index >= 15 is 0 Å². The van der Waals surface area contributed by atoms with E-state index in [-0.39, 0.29) is 5.92 Å². The van der Waals surface area contributed by atoms with E-state index in [1.54, 1.807) is 17.5 Å². The number of aromatic nitrogens is 1. The van der Waals surface area contributed by atoms with Gasteiger partial charge in [0.2, 0.25) is 0 Å². The summed E-state index contributed by atoms with van der Waals surface area (Å²) in [6, 6.07) is 0. The van der Waals surface area contributed by atoms with Crippen molar-refractivity contribution in [1.29, 1.82) is 0 Å². The van der Waals surface area contributed by atoms with Crippen molar-refractivity contribution < 1.29 is 9.90 Å². The van der Waals surface area contributed by atoms with Gasteiger partial charge in [-0.05, 0) is 31.6 Å². The van der Waals surface area contributed by atoms with Crippen LogP contribution in [0.1, 0.15) is 25.7 Å². The third-order valence-electron chi connectivity index (χ3n) is 3.17. The van der Waals surface area contributed by atoms with Crippen LogP contribution in [0.5, 0.6) is 0 Å². The minimum absolute atomic E-state index is 0.115. The molecule has 0 unspecified atom stereocenters. The SMILES string of the molecule is O=C(O)C1CCC(CNc2nccs2)CC1. The number of carboxylic acid groups (broad SMARTS) is 1. The summed E-state index contributed by atoms with van der Waals surface area (Å²) >= 11 is 1.60. The van der Waals surface area contributed by atoms with Crippen LogP contribution in [-0.2, 0) is 4.79 Å². The molecule has 1 aromatic heterocycles. The second kappa shape index (κ2) is 5.30. The highest BCUT2D eigenvalue weighted by Gasteiger charge is 2.25. The smallest absolute Gasteiger partial charge is 0.306 e. The van der Waals surface area contributed by atoms with Crippen molar-refractivity contribution in [2.75, 3.05) is 11.9 Å². The molecule has 88 valence electrons. The maximum Gasteiger partial charge on any atom is 0.306 e. The number of rotatable bonds is 4. The summed E-state index contributed by atoms with van der Waals surface area (Å²) in [4.78, 5) is 14.9. The lowest BCUT2D eigenvalue weighted by molar-refractivity contribution is -0.143. The summed E-state index contributed by atoms with van der Waals surface area (Å²) in [6.45, 7) is 0.917. The van der Waals surface area contributed by atoms with Crippen molar-refractivity contribution in [3.05, 3.63) is 11.6 Å². The summed E-state index contributed by atoms with van der Waals surface area (Å²) in [5.41, 5.74) is 0. The number of carbonyl (C=O) groups is 1. The van der Waals surface area contributed by atoms with Crippen molar-refractivity contribution in [2.45, 2.75) is 25.7 Å². The van der Waals surface area contributed by atoms with Crippen LogP contribution in [0.25, 0.3) is 0 Å². The van der Waals surface area contributed by atoms with Crippen molar-refractivity contribution in [1.82, 2.24) is 4.98 Å². The molecule has 4 nitrogen and oxygen atoms in total. The van der Waals surface area contributed by atoms with E-state index in [0.717, 1.165) is 37.4 Å². The number of nitrogens with zero attached hydrogens (tertiary/aromatic N) is 1. The quantitative estimate of drug-likeness (QED) is 0.848. The first-order chi connectivity index (χ1) is 7.75. The molecule has 1 aliphatic carbocycles. The van der Waals surface area contributed by atoms with E-state index in [1.165, 1.54) is 0 Å². The predicted molar refractivity (Wildman–Crippen MR) is 63.7 cm³/mol. The molecule has 0 saturated heterocycles. The van der Waals surface area contributed by atoms with Gasteiger partial charge in [-0.25, -0.2) is 4.98 Å². The van der Waals surface area contributed by atoms with E-state index in [2.05, 4.69) is 10.3 Å². The highest BCUT2D eigenvalue weighted by atomic mass is 32.1. The van der Waals surface area contributed by atoms with Gasteiger partial charge >= 0.3 is 5.97 Å². The first-order valence-corrected chi connectivity index (χ1v) is 6.50. The number of carboxylic acids is 1. The third-order valence-corrected chi connectivity index (χ3v) is 3.90. The van der Waals surface area contributed by atoms with Gasteiger partial charge in [-0.15, -0.1) is 11.3 Å². The van der Waals surface area contributed by atoms with Crippen LogP contribution in [0.3, 0.4) is 0 Å². The van der Waals surface area contributed by atoms with Gasteiger partial charge in [0, 0.05) is 18.1 Å². The van der Waals surface area contributed by atoms with Crippen LogP contribution in [0.2, 0.25) is 0 Å². The molecule has 0 atom stereocenters. The Morgan fingerprint density at radius 2 is 2.25 bits per heavy atom. The van der Waals surface area contributed by atoms with Crippen LogP contribution in [0.15, 0.2) is 11.6 Å². The summed E-state index contributed by atoms with van der Waals surface area (Å²) in [5.74, 6) is -0.151. The number of hydrogen-bond acceptors (Lipinski definition) is 4. The molecule has 0 radical (unpaired) electrons. The summed E-state index contributed by atoms with van der Waals surface area (Å²) < 4.78 is 0. The lowest BCUT2D eigenvalue weighted by atomic mass is 9.82. The molecule has 0 amide bonds. The van der Waals surface area contributed by atoms with Gasteiger partial charge in [0.1, 0.15) is 0 Å². The van der Waals surface area contributed by atoms with Gasteiger partial charge in [0.05, 0.1) is 5.92 Å². The average Bonchev–Trinajstić information content (AvgIpc) is 2.80. The number of hydrogen-bond donors (Lipinski definition) is 2. The van der Waals surface area contributed by atoms with Gasteiger partial charge in [0.25, 0.3) is 0 Å². The fourth-order valence-corrected chi connectivity index (χ4v) is 2.69. The number of aliphatic carboxylic acids is 1. The van der Waals surface area contributed by atoms with Crippen LogP contribution in [-0.4, -0.2) is 22.6 Å². The molecule has 5 heteroatoms. The molecule has 2 rings (SSSR count). The summed E-state index contributed by atoms with van der Waals surface area (Å²) in [6.07, 6.45) is 5.44. The molecule has 0 spiro atoms. The molecule has 2 N–H and O–H groups in total. The van der Waals surface area contributed by atoms with Gasteiger partial charge in [-0.2, -0.15) is 0 Å². The number of anilines is 1. The van der Waals surface area contributed by atoms with Crippen LogP contribution in [0, 0.1) is 11.8 Å². The third kappa shape index (κ3) is 2.95. The highest BCUT2D eigenvalue weighted by molar-refractivity contribution is 7.13. The number of thiazole rings is 1. The van der Waals surface area contributed by atoms with Crippen molar-refractivity contribution in [3.8, 4) is 0 Å². The molecule has 0 bridgehead atoms. The molecule has 0 aromatic carbocycles. The van der Waals surface area contributed by atoms with E-state index in [9.17, 15) is 4.79 Å². The van der Waals surface area contributed by atoms with E-state index in [1.807, 2.05) is 5.38 Å². The van der Waals surface area contributed by atoms with E-state index in [0.29, 0.717) is 5.92 Å². The van der Waals surface area contributed by atoms with Crippen LogP contribution < -0.4 is 5.32 Å².